The maximum absolute atomic E-state index is 9.69. The van der Waals surface area contributed by atoms with E-state index in [4.69, 9.17) is 16.6 Å². The summed E-state index contributed by atoms with van der Waals surface area (Å²) in [5.41, 5.74) is 9.81. The number of hydrogen-bond acceptors (Lipinski definition) is 5. The van der Waals surface area contributed by atoms with Crippen molar-refractivity contribution < 1.29 is 9.90 Å². The van der Waals surface area contributed by atoms with Crippen molar-refractivity contribution in [3.63, 3.8) is 0 Å². The van der Waals surface area contributed by atoms with Gasteiger partial charge in [-0.15, -0.1) is 0 Å². The second kappa shape index (κ2) is 5.38. The Morgan fingerprint density at radius 2 is 2.00 bits per heavy atom. The van der Waals surface area contributed by atoms with Crippen molar-refractivity contribution >= 4 is 6.09 Å². The van der Waals surface area contributed by atoms with E-state index in [-0.39, 0.29) is 0 Å². The van der Waals surface area contributed by atoms with Gasteiger partial charge in [0.25, 0.3) is 0 Å². The summed E-state index contributed by atoms with van der Waals surface area (Å²) >= 11 is 0. The van der Waals surface area contributed by atoms with Crippen molar-refractivity contribution in [3.05, 3.63) is 0 Å². The summed E-state index contributed by atoms with van der Waals surface area (Å²) in [4.78, 5) is 10.3. The molecule has 8 nitrogen and oxygen atoms in total. The Bertz CT molecular complexity index is 181. The third-order valence-electron chi connectivity index (χ3n) is 0.621. The van der Waals surface area contributed by atoms with Crippen LogP contribution in [-0.2, 0) is 0 Å². The van der Waals surface area contributed by atoms with Gasteiger partial charge in [0.05, 0.1) is 0 Å². The van der Waals surface area contributed by atoms with Crippen LogP contribution in [0.5, 0.6) is 0 Å². The summed E-state index contributed by atoms with van der Waals surface area (Å²) < 4.78 is 0. The third kappa shape index (κ3) is 4.06. The zero-order valence-electron chi connectivity index (χ0n) is 5.77. The van der Waals surface area contributed by atoms with Crippen LogP contribution in [-0.4, -0.2) is 44.7 Å². The molecule has 0 spiro atoms. The second-order valence-electron chi connectivity index (χ2n) is 1.46. The summed E-state index contributed by atoms with van der Waals surface area (Å²) in [5.74, 6) is 0. The average Bonchev–Trinajstić information content (AvgIpc) is 1.83. The van der Waals surface area contributed by atoms with Gasteiger partial charge < -0.3 is 16.6 Å². The fourth-order valence-corrected chi connectivity index (χ4v) is 0.170. The lowest BCUT2D eigenvalue weighted by Gasteiger charge is -1.94. The molecule has 0 radical (unpaired) electrons. The molecule has 6 N–H and O–H groups in total. The molecule has 64 valence electrons. The fraction of sp³-hybridized carbons (Fsp3) is 0.667. The first-order valence-corrected chi connectivity index (χ1v) is 2.82. The first kappa shape index (κ1) is 9.59. The van der Waals surface area contributed by atoms with Crippen LogP contribution < -0.4 is 11.5 Å². The predicted octanol–water partition coefficient (Wildman–Crippen LogP) is -1.96. The van der Waals surface area contributed by atoms with E-state index < -0.39 is 6.09 Å². The molecule has 0 saturated carbocycles. The molecule has 0 aliphatic heterocycles. The van der Waals surface area contributed by atoms with Crippen molar-refractivity contribution in [3.8, 4) is 0 Å². The molecule has 0 saturated heterocycles. The van der Waals surface area contributed by atoms with Crippen molar-refractivity contribution in [2.24, 2.45) is 11.5 Å². The van der Waals surface area contributed by atoms with Crippen LogP contribution in [0.15, 0.2) is 0 Å². The summed E-state index contributed by atoms with van der Waals surface area (Å²) in [6.07, 6.45) is -1.16. The van der Waals surface area contributed by atoms with E-state index in [1.54, 1.807) is 0 Å². The molecule has 0 aliphatic carbocycles. The molecule has 1 heterocycles. The highest BCUT2D eigenvalue weighted by atomic mass is 16.4. The molecule has 0 atom stereocenters. The van der Waals surface area contributed by atoms with Gasteiger partial charge in [0, 0.05) is 13.1 Å². The minimum Gasteiger partial charge on any atom is -0.462 e. The normalized spacial score (nSPS) is 8.55. The zero-order chi connectivity index (χ0) is 8.69. The second-order valence-corrected chi connectivity index (χ2v) is 1.46. The molecule has 1 aromatic heterocycles. The molecular weight excluding hydrogens is 152 g/mol. The summed E-state index contributed by atoms with van der Waals surface area (Å²) in [7, 11) is 0. The minimum absolute atomic E-state index is 0.597. The van der Waals surface area contributed by atoms with E-state index in [1.165, 1.54) is 0 Å². The quantitative estimate of drug-likeness (QED) is 0.378. The molecule has 0 fully saturated rings. The Morgan fingerprint density at radius 1 is 1.55 bits per heavy atom. The number of carbonyl (C=O) groups is 1. The topological polar surface area (TPSA) is 136 Å². The number of aromatic nitrogens is 4. The van der Waals surface area contributed by atoms with Gasteiger partial charge in [0.2, 0.25) is 0 Å². The molecule has 0 unspecified atom stereocenters. The first-order chi connectivity index (χ1) is 5.22. The molecule has 0 amide bonds. The van der Waals surface area contributed by atoms with E-state index in [0.29, 0.717) is 17.9 Å². The van der Waals surface area contributed by atoms with Crippen LogP contribution in [0.2, 0.25) is 0 Å². The van der Waals surface area contributed by atoms with E-state index in [2.05, 4.69) is 10.4 Å². The molecule has 0 aliphatic rings. The summed E-state index contributed by atoms with van der Waals surface area (Å²) in [6, 6.07) is 0. The molecule has 1 rings (SSSR count). The van der Waals surface area contributed by atoms with Crippen LogP contribution in [0.1, 0.15) is 0 Å². The van der Waals surface area contributed by atoms with Gasteiger partial charge in [0.1, 0.15) is 0 Å². The fourth-order valence-electron chi connectivity index (χ4n) is 0.170. The van der Waals surface area contributed by atoms with Crippen LogP contribution >= 0.6 is 0 Å². The maximum atomic E-state index is 9.69. The van der Waals surface area contributed by atoms with Gasteiger partial charge in [-0.3, -0.25) is 0 Å². The number of nitrogens with zero attached hydrogens (tertiary/aromatic N) is 3. The number of rotatable bonds is 1. The Labute approximate surface area is 62.1 Å². The van der Waals surface area contributed by atoms with Gasteiger partial charge in [-0.2, -0.15) is 5.21 Å². The number of aromatic amines is 1. The molecule has 8 heteroatoms. The Balaban J connectivity index is 0.000000218. The molecular formula is C3H10N6O2. The van der Waals surface area contributed by atoms with Crippen molar-refractivity contribution in [1.82, 2.24) is 20.4 Å². The Kier molecular flexibility index (Phi) is 4.69. The zero-order valence-corrected chi connectivity index (χ0v) is 5.77. The van der Waals surface area contributed by atoms with Crippen molar-refractivity contribution in [1.29, 1.82) is 0 Å². The predicted molar refractivity (Wildman–Crippen MR) is 35.9 cm³/mol. The summed E-state index contributed by atoms with van der Waals surface area (Å²) in [6.45, 7) is 1.19. The Hall–Kier alpha value is -1.41. The van der Waals surface area contributed by atoms with Gasteiger partial charge in [0.15, 0.2) is 0 Å². The highest BCUT2D eigenvalue weighted by Gasteiger charge is 1.99. The highest BCUT2D eigenvalue weighted by Crippen LogP contribution is 1.67. The molecule has 0 bridgehead atoms. The number of hydrogen-bond donors (Lipinski definition) is 4. The van der Waals surface area contributed by atoms with Gasteiger partial charge in [-0.05, 0) is 10.4 Å². The smallest absolute Gasteiger partial charge is 0.450 e. The van der Waals surface area contributed by atoms with E-state index in [9.17, 15) is 4.79 Å². The lowest BCUT2D eigenvalue weighted by atomic mass is 10.7. The lowest BCUT2D eigenvalue weighted by Crippen LogP contribution is -2.23. The van der Waals surface area contributed by atoms with Crippen LogP contribution in [0, 0.1) is 0 Å². The first-order valence-electron chi connectivity index (χ1n) is 2.82. The average molecular weight is 162 g/mol. The van der Waals surface area contributed by atoms with Crippen LogP contribution in [0.25, 0.3) is 0 Å². The van der Waals surface area contributed by atoms with E-state index >= 15 is 0 Å². The van der Waals surface area contributed by atoms with Gasteiger partial charge in [-0.1, -0.05) is 4.80 Å². The third-order valence-corrected chi connectivity index (χ3v) is 0.621. The van der Waals surface area contributed by atoms with E-state index in [0.717, 1.165) is 0 Å². The van der Waals surface area contributed by atoms with Crippen molar-refractivity contribution in [2.45, 2.75) is 0 Å². The minimum atomic E-state index is -1.16. The largest absolute Gasteiger partial charge is 0.462 e. The number of nitrogens with one attached hydrogen (secondary N) is 1. The standard InChI is InChI=1S/C2H8N2.CH2N4O2/c3-1-2-4;6-1(7)5-3-2-4-5/h1-4H2;(H,3,4)(H,6,7). The van der Waals surface area contributed by atoms with E-state index in [1.807, 2.05) is 5.21 Å². The van der Waals surface area contributed by atoms with Gasteiger partial charge >= 0.3 is 6.09 Å². The molecule has 0 aromatic carbocycles. The molecule has 1 aromatic rings. The number of H-pyrrole nitrogens is 1. The summed E-state index contributed by atoms with van der Waals surface area (Å²) in [5, 5.41) is 16.0. The Morgan fingerprint density at radius 3 is 2.00 bits per heavy atom. The monoisotopic (exact) mass is 162 g/mol. The maximum Gasteiger partial charge on any atom is 0.450 e. The van der Waals surface area contributed by atoms with Crippen LogP contribution in [0.3, 0.4) is 0 Å². The lowest BCUT2D eigenvalue weighted by molar-refractivity contribution is 0.176. The van der Waals surface area contributed by atoms with Crippen molar-refractivity contribution in [2.75, 3.05) is 13.1 Å². The van der Waals surface area contributed by atoms with Crippen LogP contribution in [0.4, 0.5) is 4.79 Å². The number of nitrogens with two attached hydrogens (primary N) is 2. The van der Waals surface area contributed by atoms with Gasteiger partial charge in [-0.25, -0.2) is 4.79 Å². The number of carboxylic acid groups (broad SMARTS) is 1. The molecule has 11 heavy (non-hydrogen) atoms. The SMILES string of the molecule is NCCN.O=C(O)n1nn[nH]1. The highest BCUT2D eigenvalue weighted by molar-refractivity contribution is 5.64.